The average molecular weight is 268 g/mol. The van der Waals surface area contributed by atoms with Gasteiger partial charge in [0.1, 0.15) is 0 Å². The highest BCUT2D eigenvalue weighted by Crippen LogP contribution is 2.10. The van der Waals surface area contributed by atoms with Gasteiger partial charge in [-0.2, -0.15) is 5.10 Å². The first-order valence-corrected chi connectivity index (χ1v) is 6.42. The first-order valence-electron chi connectivity index (χ1n) is 6.42. The molecule has 1 aromatic rings. The molecule has 106 valence electrons. The second-order valence-electron chi connectivity index (χ2n) is 4.55. The molecule has 0 aromatic carbocycles. The van der Waals surface area contributed by atoms with Crippen molar-refractivity contribution in [1.29, 1.82) is 0 Å². The number of aromatic nitrogens is 2. The van der Waals surface area contributed by atoms with E-state index < -0.39 is 0 Å². The van der Waals surface area contributed by atoms with Crippen LogP contribution in [-0.4, -0.2) is 49.3 Å². The predicted molar refractivity (Wildman–Crippen MR) is 70.1 cm³/mol. The number of hydrogen-bond donors (Lipinski definition) is 2. The van der Waals surface area contributed by atoms with E-state index >= 15 is 0 Å². The first kappa shape index (κ1) is 13.8. The average Bonchev–Trinajstić information content (AvgIpc) is 3.05. The Hall–Kier alpha value is -1.60. The quantitative estimate of drug-likeness (QED) is 0.795. The third kappa shape index (κ3) is 4.53. The summed E-state index contributed by atoms with van der Waals surface area (Å²) in [6.07, 6.45) is 4.40. The van der Waals surface area contributed by atoms with Crippen molar-refractivity contribution in [3.05, 3.63) is 12.4 Å². The molecule has 2 amide bonds. The van der Waals surface area contributed by atoms with Gasteiger partial charge in [0.2, 0.25) is 0 Å². The summed E-state index contributed by atoms with van der Waals surface area (Å²) in [5.74, 6) is 0.426. The van der Waals surface area contributed by atoms with Crippen LogP contribution in [0.5, 0.6) is 0 Å². The molecule has 2 rings (SSSR count). The number of methoxy groups -OCH3 is 1. The Kier molecular flexibility index (Phi) is 5.17. The summed E-state index contributed by atoms with van der Waals surface area (Å²) in [5.41, 5.74) is 0.677. The minimum absolute atomic E-state index is 0.210. The van der Waals surface area contributed by atoms with Gasteiger partial charge < -0.3 is 20.1 Å². The van der Waals surface area contributed by atoms with Gasteiger partial charge >= 0.3 is 6.03 Å². The van der Waals surface area contributed by atoms with Gasteiger partial charge in [-0.25, -0.2) is 4.79 Å². The molecule has 1 aliphatic heterocycles. The summed E-state index contributed by atoms with van der Waals surface area (Å²) < 4.78 is 11.9. The number of rotatable bonds is 6. The van der Waals surface area contributed by atoms with Crippen LogP contribution < -0.4 is 10.6 Å². The monoisotopic (exact) mass is 268 g/mol. The van der Waals surface area contributed by atoms with Crippen molar-refractivity contribution in [1.82, 2.24) is 15.1 Å². The zero-order valence-electron chi connectivity index (χ0n) is 11.1. The van der Waals surface area contributed by atoms with Gasteiger partial charge in [-0.3, -0.25) is 4.68 Å². The number of nitrogens with one attached hydrogen (secondary N) is 2. The Morgan fingerprint density at radius 2 is 2.58 bits per heavy atom. The van der Waals surface area contributed by atoms with Crippen LogP contribution in [0.1, 0.15) is 6.42 Å². The number of carbonyl (C=O) groups is 1. The molecule has 0 spiro atoms. The number of urea groups is 1. The van der Waals surface area contributed by atoms with Crippen LogP contribution in [0.3, 0.4) is 0 Å². The Bertz CT molecular complexity index is 401. The van der Waals surface area contributed by atoms with Gasteiger partial charge in [0, 0.05) is 32.4 Å². The SMILES string of the molecule is COCCn1cc(NC(=O)NC[C@@H]2CCOC2)cn1. The Balaban J connectivity index is 1.70. The van der Waals surface area contributed by atoms with Gasteiger partial charge in [-0.1, -0.05) is 0 Å². The molecule has 1 aromatic heterocycles. The molecule has 1 aliphatic rings. The lowest BCUT2D eigenvalue weighted by Crippen LogP contribution is -2.33. The number of nitrogens with zero attached hydrogens (tertiary/aromatic N) is 2. The van der Waals surface area contributed by atoms with Crippen molar-refractivity contribution < 1.29 is 14.3 Å². The van der Waals surface area contributed by atoms with E-state index in [0.29, 0.717) is 31.3 Å². The summed E-state index contributed by atoms with van der Waals surface area (Å²) in [4.78, 5) is 11.7. The first-order chi connectivity index (χ1) is 9.28. The number of ether oxygens (including phenoxy) is 2. The molecule has 0 radical (unpaired) electrons. The third-order valence-corrected chi connectivity index (χ3v) is 2.99. The summed E-state index contributed by atoms with van der Waals surface area (Å²) in [6, 6.07) is -0.210. The molecule has 0 unspecified atom stereocenters. The van der Waals surface area contributed by atoms with E-state index in [2.05, 4.69) is 15.7 Å². The standard InChI is InChI=1S/C12H20N4O3/c1-18-5-3-16-8-11(7-14-16)15-12(17)13-6-10-2-4-19-9-10/h7-8,10H,2-6,9H2,1H3,(H2,13,15,17)/t10-/m0/s1. The Morgan fingerprint density at radius 1 is 1.68 bits per heavy atom. The summed E-state index contributed by atoms with van der Waals surface area (Å²) in [5, 5.41) is 9.70. The van der Waals surface area contributed by atoms with E-state index in [4.69, 9.17) is 9.47 Å². The molecule has 2 N–H and O–H groups in total. The highest BCUT2D eigenvalue weighted by Gasteiger charge is 2.16. The van der Waals surface area contributed by atoms with E-state index in [1.807, 2.05) is 0 Å². The molecular weight excluding hydrogens is 248 g/mol. The lowest BCUT2D eigenvalue weighted by atomic mass is 10.1. The second-order valence-corrected chi connectivity index (χ2v) is 4.55. The number of carbonyl (C=O) groups excluding carboxylic acids is 1. The maximum Gasteiger partial charge on any atom is 0.319 e. The van der Waals surface area contributed by atoms with Crippen LogP contribution in [0, 0.1) is 5.92 Å². The van der Waals surface area contributed by atoms with E-state index in [9.17, 15) is 4.79 Å². The van der Waals surface area contributed by atoms with Gasteiger partial charge in [0.15, 0.2) is 0 Å². The summed E-state index contributed by atoms with van der Waals surface area (Å²) in [7, 11) is 1.64. The lowest BCUT2D eigenvalue weighted by Gasteiger charge is -2.09. The number of amides is 2. The highest BCUT2D eigenvalue weighted by molar-refractivity contribution is 5.88. The van der Waals surface area contributed by atoms with Gasteiger partial charge in [0.25, 0.3) is 0 Å². The van der Waals surface area contributed by atoms with Crippen molar-refractivity contribution >= 4 is 11.7 Å². The van der Waals surface area contributed by atoms with Crippen molar-refractivity contribution in [3.8, 4) is 0 Å². The predicted octanol–water partition coefficient (Wildman–Crippen LogP) is 0.687. The lowest BCUT2D eigenvalue weighted by molar-refractivity contribution is 0.183. The maximum absolute atomic E-state index is 11.7. The van der Waals surface area contributed by atoms with E-state index in [-0.39, 0.29) is 6.03 Å². The van der Waals surface area contributed by atoms with E-state index in [0.717, 1.165) is 19.6 Å². The van der Waals surface area contributed by atoms with Crippen molar-refractivity contribution in [3.63, 3.8) is 0 Å². The minimum atomic E-state index is -0.210. The fraction of sp³-hybridized carbons (Fsp3) is 0.667. The Morgan fingerprint density at radius 3 is 3.32 bits per heavy atom. The molecule has 7 nitrogen and oxygen atoms in total. The van der Waals surface area contributed by atoms with Crippen LogP contribution in [0.2, 0.25) is 0 Å². The van der Waals surface area contributed by atoms with Crippen LogP contribution in [-0.2, 0) is 16.0 Å². The zero-order valence-corrected chi connectivity index (χ0v) is 11.1. The second kappa shape index (κ2) is 7.10. The summed E-state index contributed by atoms with van der Waals surface area (Å²) in [6.45, 7) is 3.42. The molecule has 7 heteroatoms. The molecule has 19 heavy (non-hydrogen) atoms. The number of hydrogen-bond acceptors (Lipinski definition) is 4. The zero-order chi connectivity index (χ0) is 13.5. The van der Waals surface area contributed by atoms with Crippen molar-refractivity contribution in [2.24, 2.45) is 5.92 Å². The molecule has 1 saturated heterocycles. The minimum Gasteiger partial charge on any atom is -0.383 e. The topological polar surface area (TPSA) is 77.4 Å². The van der Waals surface area contributed by atoms with E-state index in [1.165, 1.54) is 0 Å². The van der Waals surface area contributed by atoms with Crippen LogP contribution in [0.15, 0.2) is 12.4 Å². The van der Waals surface area contributed by atoms with Gasteiger partial charge in [-0.05, 0) is 6.42 Å². The summed E-state index contributed by atoms with van der Waals surface area (Å²) >= 11 is 0. The van der Waals surface area contributed by atoms with Crippen LogP contribution >= 0.6 is 0 Å². The van der Waals surface area contributed by atoms with Crippen LogP contribution in [0.4, 0.5) is 10.5 Å². The smallest absolute Gasteiger partial charge is 0.319 e. The molecule has 2 heterocycles. The molecule has 1 atom stereocenters. The van der Waals surface area contributed by atoms with Crippen molar-refractivity contribution in [2.45, 2.75) is 13.0 Å². The van der Waals surface area contributed by atoms with E-state index in [1.54, 1.807) is 24.2 Å². The number of anilines is 1. The maximum atomic E-state index is 11.7. The molecule has 1 fully saturated rings. The largest absolute Gasteiger partial charge is 0.383 e. The van der Waals surface area contributed by atoms with Crippen LogP contribution in [0.25, 0.3) is 0 Å². The van der Waals surface area contributed by atoms with Gasteiger partial charge in [0.05, 0.1) is 31.6 Å². The van der Waals surface area contributed by atoms with Crippen molar-refractivity contribution in [2.75, 3.05) is 38.8 Å². The molecule has 0 saturated carbocycles. The molecule has 0 bridgehead atoms. The molecule has 0 aliphatic carbocycles. The molecular formula is C12H20N4O3. The fourth-order valence-corrected chi connectivity index (χ4v) is 1.89. The highest BCUT2D eigenvalue weighted by atomic mass is 16.5. The Labute approximate surface area is 112 Å². The fourth-order valence-electron chi connectivity index (χ4n) is 1.89. The van der Waals surface area contributed by atoms with Gasteiger partial charge in [-0.15, -0.1) is 0 Å². The normalized spacial score (nSPS) is 18.5. The third-order valence-electron chi connectivity index (χ3n) is 2.99.